The van der Waals surface area contributed by atoms with Crippen molar-refractivity contribution in [3.05, 3.63) is 78.1 Å². The largest absolute Gasteiger partial charge is 0.494 e. The summed E-state index contributed by atoms with van der Waals surface area (Å²) in [6, 6.07) is 14.3. The lowest BCUT2D eigenvalue weighted by molar-refractivity contribution is -0.113. The first-order chi connectivity index (χ1) is 17.3. The van der Waals surface area contributed by atoms with Crippen LogP contribution in [0, 0.1) is 12.8 Å². The van der Waals surface area contributed by atoms with Gasteiger partial charge in [-0.3, -0.25) is 9.59 Å². The van der Waals surface area contributed by atoms with Crippen LogP contribution in [0.5, 0.6) is 5.75 Å². The maximum atomic E-state index is 12.9. The van der Waals surface area contributed by atoms with Crippen molar-refractivity contribution in [2.75, 3.05) is 17.7 Å². The number of carbonyl (C=O) groups excluding carboxylic acids is 2. The first kappa shape index (κ1) is 27.0. The monoisotopic (exact) mass is 507 g/mol. The quantitative estimate of drug-likeness (QED) is 0.264. The minimum Gasteiger partial charge on any atom is -0.494 e. The number of aryl methyl sites for hydroxylation is 1. The van der Waals surface area contributed by atoms with E-state index in [-0.39, 0.29) is 29.5 Å². The van der Waals surface area contributed by atoms with Crippen molar-refractivity contribution in [2.45, 2.75) is 45.4 Å². The Morgan fingerprint density at radius 3 is 2.42 bits per heavy atom. The fourth-order valence-electron chi connectivity index (χ4n) is 3.52. The van der Waals surface area contributed by atoms with Gasteiger partial charge in [0, 0.05) is 17.8 Å². The average Bonchev–Trinajstić information content (AvgIpc) is 3.25. The molecule has 2 N–H and O–H groups in total. The van der Waals surface area contributed by atoms with E-state index in [1.54, 1.807) is 30.3 Å². The van der Waals surface area contributed by atoms with Gasteiger partial charge in [-0.05, 0) is 56.2 Å². The van der Waals surface area contributed by atoms with Crippen LogP contribution < -0.4 is 15.4 Å². The molecular formula is C27H33N5O3S. The molecule has 190 valence electrons. The third-order valence-corrected chi connectivity index (χ3v) is 6.35. The highest BCUT2D eigenvalue weighted by Crippen LogP contribution is 2.26. The van der Waals surface area contributed by atoms with Gasteiger partial charge < -0.3 is 19.9 Å². The Labute approximate surface area is 216 Å². The van der Waals surface area contributed by atoms with E-state index >= 15 is 0 Å². The van der Waals surface area contributed by atoms with Crippen LogP contribution in [-0.2, 0) is 11.3 Å². The molecule has 0 saturated heterocycles. The molecule has 3 rings (SSSR count). The number of amides is 2. The maximum absolute atomic E-state index is 12.9. The van der Waals surface area contributed by atoms with Gasteiger partial charge >= 0.3 is 0 Å². The Balaban J connectivity index is 1.70. The van der Waals surface area contributed by atoms with Crippen LogP contribution in [0.3, 0.4) is 0 Å². The zero-order valence-corrected chi connectivity index (χ0v) is 22.0. The van der Waals surface area contributed by atoms with Crippen molar-refractivity contribution in [1.82, 2.24) is 20.1 Å². The lowest BCUT2D eigenvalue weighted by atomic mass is 10.0. The number of hydrogen-bond donors (Lipinski definition) is 2. The standard InChI is InChI=1S/C27H33N5O3S/c1-6-16-32-25(24(18(3)4)29-26(34)20-10-8-19(5)9-11-20)30-31-27(32)36-17-23(33)28-21-12-14-22(15-13-21)35-7-2/h6,8-15,18,24H,1,7,16-17H2,2-5H3,(H,28,33)(H,29,34)/t24-/m1/s1. The molecule has 1 aromatic heterocycles. The van der Waals surface area contributed by atoms with E-state index in [1.807, 2.05) is 56.5 Å². The first-order valence-corrected chi connectivity index (χ1v) is 12.9. The van der Waals surface area contributed by atoms with Crippen molar-refractivity contribution >= 4 is 29.3 Å². The highest BCUT2D eigenvalue weighted by atomic mass is 32.2. The molecular weight excluding hydrogens is 474 g/mol. The molecule has 2 amide bonds. The molecule has 1 heterocycles. The van der Waals surface area contributed by atoms with Gasteiger partial charge in [0.25, 0.3) is 5.91 Å². The summed E-state index contributed by atoms with van der Waals surface area (Å²) in [4.78, 5) is 25.5. The highest BCUT2D eigenvalue weighted by molar-refractivity contribution is 7.99. The van der Waals surface area contributed by atoms with Gasteiger partial charge in [-0.2, -0.15) is 0 Å². The fraction of sp³-hybridized carbons (Fsp3) is 0.333. The first-order valence-electron chi connectivity index (χ1n) is 11.9. The molecule has 2 aromatic carbocycles. The predicted molar refractivity (Wildman–Crippen MR) is 143 cm³/mol. The summed E-state index contributed by atoms with van der Waals surface area (Å²) in [6.45, 7) is 12.8. The summed E-state index contributed by atoms with van der Waals surface area (Å²) in [5.41, 5.74) is 2.36. The fourth-order valence-corrected chi connectivity index (χ4v) is 4.28. The van der Waals surface area contributed by atoms with Gasteiger partial charge in [0.1, 0.15) is 5.75 Å². The number of nitrogens with one attached hydrogen (secondary N) is 2. The Morgan fingerprint density at radius 1 is 1.11 bits per heavy atom. The molecule has 0 unspecified atom stereocenters. The minimum atomic E-state index is -0.363. The van der Waals surface area contributed by atoms with Crippen LogP contribution in [0.2, 0.25) is 0 Å². The summed E-state index contributed by atoms with van der Waals surface area (Å²) in [7, 11) is 0. The second-order valence-corrected chi connectivity index (χ2v) is 9.54. The molecule has 1 atom stereocenters. The second-order valence-electron chi connectivity index (χ2n) is 8.60. The van der Waals surface area contributed by atoms with Crippen LogP contribution in [0.1, 0.15) is 48.6 Å². The zero-order chi connectivity index (χ0) is 26.1. The Hall–Kier alpha value is -3.59. The summed E-state index contributed by atoms with van der Waals surface area (Å²) in [6.07, 6.45) is 1.75. The maximum Gasteiger partial charge on any atom is 0.251 e. The van der Waals surface area contributed by atoms with Crippen LogP contribution in [0.25, 0.3) is 0 Å². The predicted octanol–water partition coefficient (Wildman–Crippen LogP) is 5.03. The van der Waals surface area contributed by atoms with E-state index in [0.717, 1.165) is 11.3 Å². The van der Waals surface area contributed by atoms with Crippen molar-refractivity contribution in [3.8, 4) is 5.75 Å². The van der Waals surface area contributed by atoms with Crippen molar-refractivity contribution < 1.29 is 14.3 Å². The van der Waals surface area contributed by atoms with E-state index in [0.29, 0.717) is 35.4 Å². The topological polar surface area (TPSA) is 98.1 Å². The van der Waals surface area contributed by atoms with Crippen LogP contribution >= 0.6 is 11.8 Å². The van der Waals surface area contributed by atoms with Gasteiger partial charge in [-0.15, -0.1) is 16.8 Å². The summed E-state index contributed by atoms with van der Waals surface area (Å²) in [5.74, 6) is 1.26. The molecule has 0 saturated carbocycles. The molecule has 0 aliphatic rings. The molecule has 8 nitrogen and oxygen atoms in total. The Kier molecular flexibility index (Phi) is 9.69. The summed E-state index contributed by atoms with van der Waals surface area (Å²) >= 11 is 1.28. The van der Waals surface area contributed by atoms with Crippen molar-refractivity contribution in [2.24, 2.45) is 5.92 Å². The van der Waals surface area contributed by atoms with Crippen molar-refractivity contribution in [3.63, 3.8) is 0 Å². The van der Waals surface area contributed by atoms with Crippen LogP contribution in [0.4, 0.5) is 5.69 Å². The van der Waals surface area contributed by atoms with Gasteiger partial charge in [-0.1, -0.05) is 49.4 Å². The van der Waals surface area contributed by atoms with E-state index in [1.165, 1.54) is 11.8 Å². The number of allylic oxidation sites excluding steroid dienone is 1. The van der Waals surface area contributed by atoms with E-state index in [9.17, 15) is 9.59 Å². The molecule has 9 heteroatoms. The number of carbonyl (C=O) groups is 2. The minimum absolute atomic E-state index is 0.0629. The van der Waals surface area contributed by atoms with Crippen molar-refractivity contribution in [1.29, 1.82) is 0 Å². The molecule has 36 heavy (non-hydrogen) atoms. The van der Waals surface area contributed by atoms with Gasteiger partial charge in [0.2, 0.25) is 5.91 Å². The number of aromatic nitrogens is 3. The molecule has 0 bridgehead atoms. The van der Waals surface area contributed by atoms with Gasteiger partial charge in [-0.25, -0.2) is 0 Å². The summed E-state index contributed by atoms with van der Waals surface area (Å²) in [5, 5.41) is 15.3. The highest BCUT2D eigenvalue weighted by Gasteiger charge is 2.26. The SMILES string of the molecule is C=CCn1c(SCC(=O)Nc2ccc(OCC)cc2)nnc1[C@H](NC(=O)c1ccc(C)cc1)C(C)C. The molecule has 3 aromatic rings. The number of anilines is 1. The Morgan fingerprint density at radius 2 is 1.81 bits per heavy atom. The lowest BCUT2D eigenvalue weighted by Gasteiger charge is -2.22. The number of hydrogen-bond acceptors (Lipinski definition) is 6. The third-order valence-electron chi connectivity index (χ3n) is 5.38. The number of benzene rings is 2. The number of nitrogens with zero attached hydrogens (tertiary/aromatic N) is 3. The Bertz CT molecular complexity index is 1170. The average molecular weight is 508 g/mol. The number of ether oxygens (including phenoxy) is 1. The van der Waals surface area contributed by atoms with Crippen LogP contribution in [0.15, 0.2) is 66.3 Å². The van der Waals surface area contributed by atoms with E-state index < -0.39 is 0 Å². The van der Waals surface area contributed by atoms with Gasteiger partial charge in [0.15, 0.2) is 11.0 Å². The van der Waals surface area contributed by atoms with E-state index in [2.05, 4.69) is 27.4 Å². The second kappa shape index (κ2) is 12.9. The van der Waals surface area contributed by atoms with E-state index in [4.69, 9.17) is 4.74 Å². The lowest BCUT2D eigenvalue weighted by Crippen LogP contribution is -2.33. The normalized spacial score (nSPS) is 11.7. The van der Waals surface area contributed by atoms with Gasteiger partial charge in [0.05, 0.1) is 18.4 Å². The smallest absolute Gasteiger partial charge is 0.251 e. The summed E-state index contributed by atoms with van der Waals surface area (Å²) < 4.78 is 7.32. The number of thioether (sulfide) groups is 1. The molecule has 0 radical (unpaired) electrons. The molecule has 0 aliphatic heterocycles. The third kappa shape index (κ3) is 7.21. The zero-order valence-electron chi connectivity index (χ0n) is 21.2. The van der Waals surface area contributed by atoms with Crippen LogP contribution in [-0.4, -0.2) is 38.9 Å². The molecule has 0 fully saturated rings. The molecule has 0 spiro atoms. The number of rotatable bonds is 12. The molecule has 0 aliphatic carbocycles.